The van der Waals surface area contributed by atoms with Crippen molar-refractivity contribution < 1.29 is 4.42 Å². The highest BCUT2D eigenvalue weighted by molar-refractivity contribution is 14.1. The summed E-state index contributed by atoms with van der Waals surface area (Å²) in [7, 11) is 0. The van der Waals surface area contributed by atoms with Gasteiger partial charge in [-0.1, -0.05) is 6.92 Å². The minimum absolute atomic E-state index is 1.02. The smallest absolute Gasteiger partial charge is 0.166 e. The first-order valence-corrected chi connectivity index (χ1v) is 3.64. The molecule has 2 heteroatoms. The third-order valence-electron chi connectivity index (χ3n) is 1.07. The van der Waals surface area contributed by atoms with E-state index in [2.05, 4.69) is 29.5 Å². The summed E-state index contributed by atoms with van der Waals surface area (Å²) in [5.74, 6) is 0. The van der Waals surface area contributed by atoms with Gasteiger partial charge < -0.3 is 4.42 Å². The van der Waals surface area contributed by atoms with Crippen LogP contribution in [0.2, 0.25) is 0 Å². The van der Waals surface area contributed by atoms with Crippen LogP contribution >= 0.6 is 22.6 Å². The lowest BCUT2D eigenvalue weighted by Crippen LogP contribution is -1.74. The van der Waals surface area contributed by atoms with Gasteiger partial charge in [0.2, 0.25) is 0 Å². The summed E-state index contributed by atoms with van der Waals surface area (Å²) in [4.78, 5) is 0. The van der Waals surface area contributed by atoms with Gasteiger partial charge in [0.25, 0.3) is 0 Å². The lowest BCUT2D eigenvalue weighted by Gasteiger charge is -1.84. The average Bonchev–Trinajstić information content (AvgIpc) is 2.14. The maximum absolute atomic E-state index is 5.04. The molecule has 0 fully saturated rings. The molecule has 8 heavy (non-hydrogen) atoms. The van der Waals surface area contributed by atoms with E-state index >= 15 is 0 Å². The van der Waals surface area contributed by atoms with Gasteiger partial charge in [0, 0.05) is 5.56 Å². The predicted octanol–water partition coefficient (Wildman–Crippen LogP) is 2.45. The van der Waals surface area contributed by atoms with Crippen LogP contribution in [0.25, 0.3) is 0 Å². The topological polar surface area (TPSA) is 13.1 Å². The molecule has 0 aromatic carbocycles. The molecule has 1 heterocycles. The summed E-state index contributed by atoms with van der Waals surface area (Å²) in [5.41, 5.74) is 1.30. The monoisotopic (exact) mass is 222 g/mol. The summed E-state index contributed by atoms with van der Waals surface area (Å²) in [6.07, 6.45) is 2.79. The quantitative estimate of drug-likeness (QED) is 0.665. The van der Waals surface area contributed by atoms with Crippen LogP contribution in [-0.4, -0.2) is 0 Å². The van der Waals surface area contributed by atoms with E-state index in [4.69, 9.17) is 4.42 Å². The van der Waals surface area contributed by atoms with E-state index in [1.165, 1.54) is 5.56 Å². The van der Waals surface area contributed by atoms with Crippen molar-refractivity contribution in [3.63, 3.8) is 0 Å². The fraction of sp³-hybridized carbons (Fsp3) is 0.333. The van der Waals surface area contributed by atoms with E-state index in [-0.39, 0.29) is 0 Å². The van der Waals surface area contributed by atoms with Gasteiger partial charge in [-0.3, -0.25) is 0 Å². The van der Waals surface area contributed by atoms with Crippen molar-refractivity contribution in [2.75, 3.05) is 0 Å². The molecule has 0 aliphatic rings. The molecule has 0 aliphatic heterocycles. The molecule has 0 spiro atoms. The Kier molecular flexibility index (Phi) is 1.94. The number of furan rings is 1. The Hall–Kier alpha value is 0.01000. The molecule has 0 N–H and O–H groups in total. The summed E-state index contributed by atoms with van der Waals surface area (Å²) in [6.45, 7) is 2.12. The highest BCUT2D eigenvalue weighted by atomic mass is 127. The van der Waals surface area contributed by atoms with E-state index in [1.807, 2.05) is 6.07 Å². The standard InChI is InChI=1S/C6H7IO/c1-2-5-3-4-8-6(5)7/h3-4H,2H2,1H3. The van der Waals surface area contributed by atoms with E-state index in [1.54, 1.807) is 6.26 Å². The van der Waals surface area contributed by atoms with Crippen LogP contribution < -0.4 is 0 Å². The van der Waals surface area contributed by atoms with Crippen molar-refractivity contribution in [2.24, 2.45) is 0 Å². The van der Waals surface area contributed by atoms with Crippen molar-refractivity contribution in [2.45, 2.75) is 13.3 Å². The molecule has 1 aromatic rings. The molecular formula is C6H7IO. The zero-order chi connectivity index (χ0) is 5.98. The minimum Gasteiger partial charge on any atom is -0.458 e. The van der Waals surface area contributed by atoms with Gasteiger partial charge in [0.15, 0.2) is 3.77 Å². The molecule has 44 valence electrons. The third kappa shape index (κ3) is 1.05. The van der Waals surface area contributed by atoms with Gasteiger partial charge in [-0.05, 0) is 35.1 Å². The molecule has 1 nitrogen and oxygen atoms in total. The summed E-state index contributed by atoms with van der Waals surface area (Å²) >= 11 is 2.19. The Balaban J connectivity index is 2.92. The van der Waals surface area contributed by atoms with E-state index in [0.29, 0.717) is 0 Å². The summed E-state index contributed by atoms with van der Waals surface area (Å²) < 4.78 is 6.06. The van der Waals surface area contributed by atoms with Crippen LogP contribution in [0.4, 0.5) is 0 Å². The Morgan fingerprint density at radius 2 is 2.50 bits per heavy atom. The van der Waals surface area contributed by atoms with Crippen LogP contribution in [0.15, 0.2) is 16.7 Å². The fourth-order valence-corrected chi connectivity index (χ4v) is 1.28. The largest absolute Gasteiger partial charge is 0.458 e. The number of hydrogen-bond acceptors (Lipinski definition) is 1. The fourth-order valence-electron chi connectivity index (χ4n) is 0.574. The van der Waals surface area contributed by atoms with Gasteiger partial charge >= 0.3 is 0 Å². The molecule has 0 radical (unpaired) electrons. The lowest BCUT2D eigenvalue weighted by molar-refractivity contribution is 0.534. The molecule has 0 unspecified atom stereocenters. The van der Waals surface area contributed by atoms with Crippen LogP contribution in [0.5, 0.6) is 0 Å². The SMILES string of the molecule is CCc1ccoc1I. The van der Waals surface area contributed by atoms with Gasteiger partial charge in [-0.2, -0.15) is 0 Å². The maximum atomic E-state index is 5.04. The van der Waals surface area contributed by atoms with Crippen LogP contribution in [-0.2, 0) is 6.42 Å². The van der Waals surface area contributed by atoms with Gasteiger partial charge in [-0.15, -0.1) is 0 Å². The Morgan fingerprint density at radius 1 is 1.75 bits per heavy atom. The molecule has 0 saturated carbocycles. The number of aryl methyl sites for hydroxylation is 1. The van der Waals surface area contributed by atoms with Crippen LogP contribution in [0.3, 0.4) is 0 Å². The maximum Gasteiger partial charge on any atom is 0.166 e. The van der Waals surface area contributed by atoms with Crippen molar-refractivity contribution in [3.05, 3.63) is 21.7 Å². The van der Waals surface area contributed by atoms with Crippen LogP contribution in [0.1, 0.15) is 12.5 Å². The first-order chi connectivity index (χ1) is 3.84. The third-order valence-corrected chi connectivity index (χ3v) is 2.02. The number of hydrogen-bond donors (Lipinski definition) is 0. The highest BCUT2D eigenvalue weighted by Gasteiger charge is 1.96. The zero-order valence-corrected chi connectivity index (χ0v) is 6.81. The summed E-state index contributed by atoms with van der Waals surface area (Å²) in [5, 5.41) is 0. The molecule has 0 atom stereocenters. The average molecular weight is 222 g/mol. The number of rotatable bonds is 1. The van der Waals surface area contributed by atoms with E-state index in [9.17, 15) is 0 Å². The second-order valence-corrected chi connectivity index (χ2v) is 2.55. The van der Waals surface area contributed by atoms with Gasteiger partial charge in [0.1, 0.15) is 0 Å². The molecule has 0 bridgehead atoms. The molecule has 1 aromatic heterocycles. The van der Waals surface area contributed by atoms with Crippen molar-refractivity contribution in [1.82, 2.24) is 0 Å². The second kappa shape index (κ2) is 2.53. The van der Waals surface area contributed by atoms with Gasteiger partial charge in [-0.25, -0.2) is 0 Å². The predicted molar refractivity (Wildman–Crippen MR) is 40.8 cm³/mol. The van der Waals surface area contributed by atoms with Crippen molar-refractivity contribution in [3.8, 4) is 0 Å². The Morgan fingerprint density at radius 3 is 2.75 bits per heavy atom. The highest BCUT2D eigenvalue weighted by Crippen LogP contribution is 2.12. The lowest BCUT2D eigenvalue weighted by atomic mass is 10.3. The second-order valence-electron chi connectivity index (χ2n) is 1.57. The normalized spacial score (nSPS) is 9.75. The zero-order valence-electron chi connectivity index (χ0n) is 4.65. The van der Waals surface area contributed by atoms with Crippen molar-refractivity contribution >= 4 is 22.6 Å². The Bertz CT molecular complexity index is 169. The van der Waals surface area contributed by atoms with E-state index in [0.717, 1.165) is 10.2 Å². The first-order valence-electron chi connectivity index (χ1n) is 2.56. The number of halogens is 1. The van der Waals surface area contributed by atoms with E-state index < -0.39 is 0 Å². The first kappa shape index (κ1) is 6.13. The molecular weight excluding hydrogens is 215 g/mol. The van der Waals surface area contributed by atoms with Crippen LogP contribution in [0, 0.1) is 3.77 Å². The minimum atomic E-state index is 1.02. The van der Waals surface area contributed by atoms with Gasteiger partial charge in [0.05, 0.1) is 6.26 Å². The van der Waals surface area contributed by atoms with Crippen molar-refractivity contribution in [1.29, 1.82) is 0 Å². The molecule has 0 amide bonds. The molecule has 0 aliphatic carbocycles. The molecule has 1 rings (SSSR count). The summed E-state index contributed by atoms with van der Waals surface area (Å²) in [6, 6.07) is 2.00. The molecule has 0 saturated heterocycles. The Labute approximate surface area is 62.2 Å².